The highest BCUT2D eigenvalue weighted by molar-refractivity contribution is 5.72. The van der Waals surface area contributed by atoms with Crippen LogP contribution in [0.4, 0.5) is 4.79 Å². The molecule has 1 heterocycles. The highest BCUT2D eigenvalue weighted by atomic mass is 16.4. The fourth-order valence-corrected chi connectivity index (χ4v) is 1.38. The summed E-state index contributed by atoms with van der Waals surface area (Å²) in [6.07, 6.45) is -0.476. The molecule has 0 aromatic carbocycles. The Bertz CT molecular complexity index is 261. The maximum absolute atomic E-state index is 10.6. The Labute approximate surface area is 75.3 Å². The predicted octanol–water partition coefficient (Wildman–Crippen LogP) is 0.975. The summed E-state index contributed by atoms with van der Waals surface area (Å²) in [6.45, 7) is 3.76. The molecule has 1 rings (SSSR count). The number of aliphatic carboxylic acids is 1. The van der Waals surface area contributed by atoms with Crippen LogP contribution >= 0.6 is 0 Å². The van der Waals surface area contributed by atoms with Crippen LogP contribution in [0.25, 0.3) is 0 Å². The number of carbonyl (C=O) groups is 2. The third-order valence-corrected chi connectivity index (χ3v) is 2.15. The Kier molecular flexibility index (Phi) is 2.55. The number of carboxylic acids is 1. The standard InChI is InChI=1S/C8H11NO4/c1-5-4-6(7(10)11)2-3-9(5)8(12)13/h6H,1-4H2,(H,10,11)(H,12,13). The lowest BCUT2D eigenvalue weighted by Crippen LogP contribution is -2.37. The zero-order chi connectivity index (χ0) is 10.0. The molecule has 1 unspecified atom stereocenters. The minimum absolute atomic E-state index is 0.224. The van der Waals surface area contributed by atoms with Gasteiger partial charge < -0.3 is 10.2 Å². The van der Waals surface area contributed by atoms with E-state index in [9.17, 15) is 9.59 Å². The van der Waals surface area contributed by atoms with E-state index in [1.54, 1.807) is 0 Å². The summed E-state index contributed by atoms with van der Waals surface area (Å²) in [5, 5.41) is 17.3. The Morgan fingerprint density at radius 2 is 2.08 bits per heavy atom. The van der Waals surface area contributed by atoms with Crippen molar-refractivity contribution in [2.75, 3.05) is 6.54 Å². The molecule has 0 saturated carbocycles. The molecule has 0 aliphatic carbocycles. The van der Waals surface area contributed by atoms with E-state index in [0.29, 0.717) is 12.1 Å². The van der Waals surface area contributed by atoms with Crippen LogP contribution in [0.3, 0.4) is 0 Å². The molecule has 1 fully saturated rings. The van der Waals surface area contributed by atoms with Gasteiger partial charge in [0.1, 0.15) is 0 Å². The van der Waals surface area contributed by atoms with Gasteiger partial charge in [-0.05, 0) is 6.42 Å². The molecule has 1 amide bonds. The van der Waals surface area contributed by atoms with E-state index in [1.807, 2.05) is 0 Å². The lowest BCUT2D eigenvalue weighted by Gasteiger charge is -2.29. The van der Waals surface area contributed by atoms with Gasteiger partial charge in [-0.1, -0.05) is 6.58 Å². The lowest BCUT2D eigenvalue weighted by molar-refractivity contribution is -0.142. The minimum Gasteiger partial charge on any atom is -0.481 e. The number of hydrogen-bond donors (Lipinski definition) is 2. The van der Waals surface area contributed by atoms with Crippen molar-refractivity contribution in [3.63, 3.8) is 0 Å². The second-order valence-corrected chi connectivity index (χ2v) is 3.03. The molecule has 5 heteroatoms. The smallest absolute Gasteiger partial charge is 0.411 e. The second-order valence-electron chi connectivity index (χ2n) is 3.03. The van der Waals surface area contributed by atoms with Crippen LogP contribution in [0.5, 0.6) is 0 Å². The van der Waals surface area contributed by atoms with Crippen molar-refractivity contribution in [1.29, 1.82) is 0 Å². The average molecular weight is 185 g/mol. The molecule has 72 valence electrons. The molecule has 0 spiro atoms. The van der Waals surface area contributed by atoms with Crippen molar-refractivity contribution in [3.05, 3.63) is 12.3 Å². The maximum Gasteiger partial charge on any atom is 0.411 e. The van der Waals surface area contributed by atoms with E-state index >= 15 is 0 Å². The van der Waals surface area contributed by atoms with E-state index in [2.05, 4.69) is 6.58 Å². The Hall–Kier alpha value is -1.52. The number of nitrogens with zero attached hydrogens (tertiary/aromatic N) is 1. The molecule has 1 atom stereocenters. The molecule has 0 aromatic heterocycles. The van der Waals surface area contributed by atoms with E-state index in [4.69, 9.17) is 10.2 Å². The largest absolute Gasteiger partial charge is 0.481 e. The number of amides is 1. The Balaban J connectivity index is 2.62. The first-order chi connectivity index (χ1) is 6.02. The number of rotatable bonds is 1. The molecule has 0 bridgehead atoms. The summed E-state index contributed by atoms with van der Waals surface area (Å²) in [5.74, 6) is -1.37. The van der Waals surface area contributed by atoms with Crippen LogP contribution in [0.2, 0.25) is 0 Å². The van der Waals surface area contributed by atoms with E-state index in [0.717, 1.165) is 4.90 Å². The van der Waals surface area contributed by atoms with Gasteiger partial charge in [0.25, 0.3) is 0 Å². The Morgan fingerprint density at radius 3 is 2.46 bits per heavy atom. The zero-order valence-corrected chi connectivity index (χ0v) is 7.06. The van der Waals surface area contributed by atoms with E-state index in [-0.39, 0.29) is 13.0 Å². The molecule has 1 aliphatic heterocycles. The summed E-state index contributed by atoms with van der Waals surface area (Å²) in [5.41, 5.74) is 0.367. The molecule has 0 aromatic rings. The van der Waals surface area contributed by atoms with E-state index < -0.39 is 18.0 Å². The molecule has 1 aliphatic rings. The fourth-order valence-electron chi connectivity index (χ4n) is 1.38. The molecule has 0 radical (unpaired) electrons. The first kappa shape index (κ1) is 9.57. The second kappa shape index (κ2) is 3.47. The third-order valence-electron chi connectivity index (χ3n) is 2.15. The zero-order valence-electron chi connectivity index (χ0n) is 7.06. The molecular formula is C8H11NO4. The topological polar surface area (TPSA) is 77.8 Å². The van der Waals surface area contributed by atoms with Crippen molar-refractivity contribution < 1.29 is 19.8 Å². The number of likely N-dealkylation sites (tertiary alicyclic amines) is 1. The van der Waals surface area contributed by atoms with Gasteiger partial charge in [-0.3, -0.25) is 9.69 Å². The number of carboxylic acid groups (broad SMARTS) is 2. The van der Waals surface area contributed by atoms with Crippen LogP contribution in [0, 0.1) is 5.92 Å². The summed E-state index contributed by atoms with van der Waals surface area (Å²) in [4.78, 5) is 22.2. The summed E-state index contributed by atoms with van der Waals surface area (Å²) in [7, 11) is 0. The van der Waals surface area contributed by atoms with Crippen molar-refractivity contribution in [2.45, 2.75) is 12.8 Å². The van der Waals surface area contributed by atoms with Gasteiger partial charge in [0, 0.05) is 18.7 Å². The van der Waals surface area contributed by atoms with Gasteiger partial charge in [0.2, 0.25) is 0 Å². The average Bonchev–Trinajstić information content (AvgIpc) is 2.03. The van der Waals surface area contributed by atoms with Gasteiger partial charge >= 0.3 is 12.1 Å². The van der Waals surface area contributed by atoms with Gasteiger partial charge in [-0.15, -0.1) is 0 Å². The van der Waals surface area contributed by atoms with Crippen molar-refractivity contribution in [1.82, 2.24) is 4.90 Å². The van der Waals surface area contributed by atoms with Gasteiger partial charge in [-0.2, -0.15) is 0 Å². The van der Waals surface area contributed by atoms with Gasteiger partial charge in [-0.25, -0.2) is 4.79 Å². The van der Waals surface area contributed by atoms with Crippen molar-refractivity contribution in [2.24, 2.45) is 5.92 Å². The predicted molar refractivity (Wildman–Crippen MR) is 44.2 cm³/mol. The third kappa shape index (κ3) is 1.99. The summed E-state index contributed by atoms with van der Waals surface area (Å²) >= 11 is 0. The first-order valence-electron chi connectivity index (χ1n) is 3.93. The fraction of sp³-hybridized carbons (Fsp3) is 0.500. The summed E-state index contributed by atoms with van der Waals surface area (Å²) < 4.78 is 0. The summed E-state index contributed by atoms with van der Waals surface area (Å²) in [6, 6.07) is 0. The SMILES string of the molecule is C=C1CC(C(=O)O)CCN1C(=O)O. The lowest BCUT2D eigenvalue weighted by atomic mass is 9.95. The quantitative estimate of drug-likeness (QED) is 0.638. The molecule has 5 nitrogen and oxygen atoms in total. The van der Waals surface area contributed by atoms with Crippen molar-refractivity contribution in [3.8, 4) is 0 Å². The molecule has 13 heavy (non-hydrogen) atoms. The number of hydrogen-bond acceptors (Lipinski definition) is 2. The van der Waals surface area contributed by atoms with Crippen LogP contribution in [0.1, 0.15) is 12.8 Å². The molecular weight excluding hydrogens is 174 g/mol. The Morgan fingerprint density at radius 1 is 1.46 bits per heavy atom. The number of piperidine rings is 1. The minimum atomic E-state index is -1.06. The van der Waals surface area contributed by atoms with E-state index in [1.165, 1.54) is 0 Å². The normalized spacial score (nSPS) is 22.9. The maximum atomic E-state index is 10.6. The monoisotopic (exact) mass is 185 g/mol. The van der Waals surface area contributed by atoms with Gasteiger partial charge in [0.15, 0.2) is 0 Å². The highest BCUT2D eigenvalue weighted by Gasteiger charge is 2.29. The van der Waals surface area contributed by atoms with Crippen molar-refractivity contribution >= 4 is 12.1 Å². The highest BCUT2D eigenvalue weighted by Crippen LogP contribution is 2.24. The first-order valence-corrected chi connectivity index (χ1v) is 3.93. The number of allylic oxidation sites excluding steroid dienone is 1. The van der Waals surface area contributed by atoms with Crippen LogP contribution in [0.15, 0.2) is 12.3 Å². The van der Waals surface area contributed by atoms with Gasteiger partial charge in [0.05, 0.1) is 5.92 Å². The van der Waals surface area contributed by atoms with Crippen LogP contribution < -0.4 is 0 Å². The molecule has 2 N–H and O–H groups in total. The van der Waals surface area contributed by atoms with Crippen LogP contribution in [-0.4, -0.2) is 33.7 Å². The van der Waals surface area contributed by atoms with Crippen LogP contribution in [-0.2, 0) is 4.79 Å². The molecule has 1 saturated heterocycles.